The van der Waals surface area contributed by atoms with Gasteiger partial charge in [-0.1, -0.05) is 66.2 Å². The van der Waals surface area contributed by atoms with Crippen LogP contribution >= 0.6 is 0 Å². The molecule has 3 aliphatic heterocycles. The van der Waals surface area contributed by atoms with E-state index in [-0.39, 0.29) is 52.3 Å². The second kappa shape index (κ2) is 13.4. The van der Waals surface area contributed by atoms with E-state index in [1.807, 2.05) is 0 Å². The molecular formula is C34H32FeN4O10. The van der Waals surface area contributed by atoms with E-state index >= 15 is 0 Å². The van der Waals surface area contributed by atoms with Gasteiger partial charge in [-0.05, 0) is 31.9 Å². The zero-order valence-electron chi connectivity index (χ0n) is 26.8. The van der Waals surface area contributed by atoms with Crippen LogP contribution in [0.1, 0.15) is 66.8 Å². The predicted octanol–water partition coefficient (Wildman–Crippen LogP) is 1.79. The topological polar surface area (TPSA) is 240 Å². The molecule has 2 unspecified atom stereocenters. The standard InChI is InChI=1S/C34H34N4O10.Fe/c1-15-17(5-7-27(39)40)21-10-22-18(6-8-28(41)42)16(2)20(36-22)11-25-33(3,13-29(43)44)32(48)24(38-25)12-26-34(4,14-30(45)46)31(47)23(37-26)9-19(15)35-21;/h6,8-12,25-26H,5,7,13-14H2,1-4H3,(H6,35,36,39,40,41,42,43,44,45,46,47);/q-2;+4/p-2/b8-6+,20-11+,24-12-;/t25?,26?,33-,34-;/m1./s1. The number of carbonyl (C=O) groups excluding carboxylic acids is 2. The minimum Gasteiger partial charge on any atom is -0.675 e. The number of ketones is 2. The third-order valence-corrected chi connectivity index (χ3v) is 9.25. The molecule has 0 radical (unpaired) electrons. The molecule has 5 heterocycles. The van der Waals surface area contributed by atoms with Crippen molar-refractivity contribution in [3.05, 3.63) is 78.5 Å². The smallest absolute Gasteiger partial charge is 0.675 e. The zero-order valence-corrected chi connectivity index (χ0v) is 27.9. The van der Waals surface area contributed by atoms with Crippen molar-refractivity contribution in [2.75, 3.05) is 0 Å². The Labute approximate surface area is 290 Å². The van der Waals surface area contributed by atoms with E-state index in [2.05, 4.69) is 15.6 Å². The van der Waals surface area contributed by atoms with Gasteiger partial charge in [-0.15, -0.1) is 34.2 Å². The summed E-state index contributed by atoms with van der Waals surface area (Å²) < 4.78 is 0. The molecule has 0 amide bonds. The van der Waals surface area contributed by atoms with Gasteiger partial charge in [0.05, 0.1) is 12.8 Å². The zero-order chi connectivity index (χ0) is 35.3. The first kappa shape index (κ1) is 36.7. The van der Waals surface area contributed by atoms with E-state index < -0.39 is 71.2 Å². The molecule has 2 fully saturated rings. The number of carboxylic acid groups (broad SMARTS) is 4. The average Bonchev–Trinajstić information content (AvgIpc) is 3.58. The van der Waals surface area contributed by atoms with E-state index in [0.29, 0.717) is 33.3 Å². The SMILES string of the molecule is Cc1c2[n-]c(c1CCC(=O)O)/C=c1\[n-]/c(c(C)c1/C=C/C(=O)O)=C/C1[N-]/C(=C\C3[N-]/C(=C\2)C(=O)[C@]3(C)CC(=O)O)C(=O)[C@]1(C)CC(=O)O.[Fe+4]. The summed E-state index contributed by atoms with van der Waals surface area (Å²) in [6.45, 7) is 6.26. The predicted molar refractivity (Wildman–Crippen MR) is 170 cm³/mol. The van der Waals surface area contributed by atoms with Gasteiger partial charge in [0.1, 0.15) is 11.6 Å². The van der Waals surface area contributed by atoms with Gasteiger partial charge in [0.15, 0.2) is 0 Å². The number of nitrogens with zero attached hydrogens (tertiary/aromatic N) is 4. The van der Waals surface area contributed by atoms with Crippen molar-refractivity contribution in [2.24, 2.45) is 10.8 Å². The van der Waals surface area contributed by atoms with E-state index in [9.17, 15) is 49.2 Å². The fourth-order valence-electron chi connectivity index (χ4n) is 6.45. The van der Waals surface area contributed by atoms with Crippen LogP contribution in [0.2, 0.25) is 0 Å². The van der Waals surface area contributed by atoms with Crippen molar-refractivity contribution < 1.29 is 66.3 Å². The molecule has 0 aromatic carbocycles. The third-order valence-electron chi connectivity index (χ3n) is 9.25. The second-order valence-electron chi connectivity index (χ2n) is 12.6. The summed E-state index contributed by atoms with van der Waals surface area (Å²) in [6, 6.07) is -2.21. The molecular weight excluding hydrogens is 680 g/mol. The first-order valence-corrected chi connectivity index (χ1v) is 15.0. The Bertz CT molecular complexity index is 2020. The summed E-state index contributed by atoms with van der Waals surface area (Å²) in [5.41, 5.74) is -0.893. The monoisotopic (exact) mass is 712 g/mol. The summed E-state index contributed by atoms with van der Waals surface area (Å²) in [5, 5.41) is 48.0. The van der Waals surface area contributed by atoms with Gasteiger partial charge in [-0.25, -0.2) is 4.79 Å². The van der Waals surface area contributed by atoms with E-state index in [0.717, 1.165) is 6.08 Å². The summed E-state index contributed by atoms with van der Waals surface area (Å²) in [5.74, 6) is -6.05. The molecule has 0 aliphatic carbocycles. The summed E-state index contributed by atoms with van der Waals surface area (Å²) in [4.78, 5) is 84.1. The molecule has 15 heteroatoms. The summed E-state index contributed by atoms with van der Waals surface area (Å²) >= 11 is 0. The van der Waals surface area contributed by atoms with Gasteiger partial charge < -0.3 is 41.0 Å². The third kappa shape index (κ3) is 6.76. The van der Waals surface area contributed by atoms with Gasteiger partial charge >= 0.3 is 40.9 Å². The van der Waals surface area contributed by atoms with E-state index in [4.69, 9.17) is 4.98 Å². The van der Waals surface area contributed by atoms with Gasteiger partial charge in [-0.2, -0.15) is 0 Å². The molecule has 8 bridgehead atoms. The van der Waals surface area contributed by atoms with Crippen LogP contribution in [-0.4, -0.2) is 68.0 Å². The van der Waals surface area contributed by atoms with Crippen LogP contribution in [0.3, 0.4) is 0 Å². The van der Waals surface area contributed by atoms with Gasteiger partial charge in [-0.3, -0.25) is 24.0 Å². The minimum atomic E-state index is -1.62. The number of hydrogen-bond acceptors (Lipinski definition) is 6. The van der Waals surface area contributed by atoms with Gasteiger partial charge in [0.25, 0.3) is 0 Å². The number of aliphatic carboxylic acids is 4. The number of Topliss-reactive ketones (excluding diaryl/α,β-unsaturated/α-hetero) is 2. The molecule has 256 valence electrons. The number of fused-ring (bicyclic) bond motifs is 8. The van der Waals surface area contributed by atoms with Crippen molar-refractivity contribution >= 4 is 59.7 Å². The number of rotatable bonds is 9. The molecule has 2 aromatic heterocycles. The fraction of sp³-hybridized carbons (Fsp3) is 0.353. The van der Waals surface area contributed by atoms with Crippen molar-refractivity contribution in [1.29, 1.82) is 0 Å². The Morgan fingerprint density at radius 2 is 1.33 bits per heavy atom. The maximum Gasteiger partial charge on any atom is 4.00 e. The number of allylic oxidation sites excluding steroid dienone is 2. The second-order valence-corrected chi connectivity index (χ2v) is 12.6. The van der Waals surface area contributed by atoms with Crippen molar-refractivity contribution in [2.45, 2.75) is 65.5 Å². The number of hydrogen-bond donors (Lipinski definition) is 4. The van der Waals surface area contributed by atoms with E-state index in [1.165, 1.54) is 38.2 Å². The van der Waals surface area contributed by atoms with Crippen LogP contribution in [0.15, 0.2) is 23.5 Å². The molecule has 3 aliphatic rings. The average molecular weight is 712 g/mol. The number of carboxylic acids is 4. The van der Waals surface area contributed by atoms with Crippen LogP contribution in [0, 0.1) is 24.7 Å². The molecule has 2 aromatic rings. The van der Waals surface area contributed by atoms with Crippen molar-refractivity contribution in [3.63, 3.8) is 0 Å². The van der Waals surface area contributed by atoms with Crippen LogP contribution in [0.4, 0.5) is 0 Å². The Kier molecular flexibility index (Phi) is 10.0. The Morgan fingerprint density at radius 1 is 0.755 bits per heavy atom. The van der Waals surface area contributed by atoms with Crippen LogP contribution in [-0.2, 0) is 52.3 Å². The van der Waals surface area contributed by atoms with Crippen LogP contribution < -0.4 is 20.7 Å². The maximum absolute atomic E-state index is 13.9. The van der Waals surface area contributed by atoms with E-state index in [1.54, 1.807) is 19.9 Å². The quantitative estimate of drug-likeness (QED) is 0.215. The van der Waals surface area contributed by atoms with Gasteiger partial charge in [0.2, 0.25) is 0 Å². The molecule has 14 nitrogen and oxygen atoms in total. The maximum atomic E-state index is 13.9. The summed E-state index contributed by atoms with van der Waals surface area (Å²) in [7, 11) is 0. The van der Waals surface area contributed by atoms with Crippen molar-refractivity contribution in [3.8, 4) is 0 Å². The van der Waals surface area contributed by atoms with Crippen LogP contribution in [0.5, 0.6) is 0 Å². The molecule has 0 saturated carbocycles. The largest absolute Gasteiger partial charge is 4.00 e. The first-order chi connectivity index (χ1) is 22.4. The molecule has 5 rings (SSSR count). The van der Waals surface area contributed by atoms with Gasteiger partial charge in [0, 0.05) is 23.3 Å². The van der Waals surface area contributed by atoms with Crippen molar-refractivity contribution in [1.82, 2.24) is 9.97 Å². The molecule has 4 atom stereocenters. The molecule has 0 spiro atoms. The normalized spacial score (nSPS) is 27.7. The Morgan fingerprint density at radius 3 is 1.90 bits per heavy atom. The first-order valence-electron chi connectivity index (χ1n) is 15.0. The Balaban J connectivity index is 0.00000541. The number of carbonyl (C=O) groups is 6. The minimum absolute atomic E-state index is 0. The van der Waals surface area contributed by atoms with Crippen LogP contribution in [0.25, 0.3) is 34.9 Å². The number of aromatic nitrogens is 2. The molecule has 4 N–H and O–H groups in total. The Hall–Kier alpha value is -5.14. The molecule has 49 heavy (non-hydrogen) atoms. The fourth-order valence-corrected chi connectivity index (χ4v) is 6.45. The molecule has 2 saturated heterocycles. The summed E-state index contributed by atoms with van der Waals surface area (Å²) in [6.07, 6.45) is 6.65.